The van der Waals surface area contributed by atoms with Crippen LogP contribution in [0.2, 0.25) is 0 Å². The van der Waals surface area contributed by atoms with Gasteiger partial charge in [0.1, 0.15) is 17.3 Å². The van der Waals surface area contributed by atoms with Gasteiger partial charge in [0.2, 0.25) is 5.95 Å². The highest BCUT2D eigenvalue weighted by molar-refractivity contribution is 7.13. The molecule has 31 heavy (non-hydrogen) atoms. The summed E-state index contributed by atoms with van der Waals surface area (Å²) in [6.07, 6.45) is 0.673. The van der Waals surface area contributed by atoms with E-state index in [0.29, 0.717) is 18.1 Å². The number of benzene rings is 2. The highest BCUT2D eigenvalue weighted by Crippen LogP contribution is 2.36. The Morgan fingerprint density at radius 3 is 2.45 bits per heavy atom. The number of thiophene rings is 1. The summed E-state index contributed by atoms with van der Waals surface area (Å²) in [4.78, 5) is 21.0. The second kappa shape index (κ2) is 8.01. The quantitative estimate of drug-likeness (QED) is 0.514. The van der Waals surface area contributed by atoms with Gasteiger partial charge >= 0.3 is 0 Å². The zero-order chi connectivity index (χ0) is 21.2. The first-order valence-corrected chi connectivity index (χ1v) is 10.7. The molecular weight excluding hydrogens is 406 g/mol. The number of aromatic nitrogens is 2. The lowest BCUT2D eigenvalue weighted by Gasteiger charge is -2.22. The highest BCUT2D eigenvalue weighted by atomic mass is 32.1. The van der Waals surface area contributed by atoms with Crippen molar-refractivity contribution in [3.63, 3.8) is 0 Å². The normalized spacial score (nSPS) is 15.5. The zero-order valence-corrected chi connectivity index (χ0v) is 17.2. The van der Waals surface area contributed by atoms with Gasteiger partial charge < -0.3 is 0 Å². The first-order chi connectivity index (χ1) is 15.2. The fraction of sp³-hybridized carbons (Fsp3) is 0.0833. The zero-order valence-electron chi connectivity index (χ0n) is 16.4. The van der Waals surface area contributed by atoms with Crippen molar-refractivity contribution < 1.29 is 0 Å². The molecule has 150 valence electrons. The standard InChI is InChI=1S/C24H17N5OS/c25-15-18-22(21-12-7-13-31-21)26-24(27-23(18)30)29-20(17-10-5-2-6-11-17)14-19(28-29)16-8-3-1-4-9-16/h1-13,20H,14H2,(H,26,27,30). The van der Waals surface area contributed by atoms with E-state index >= 15 is 0 Å². The van der Waals surface area contributed by atoms with Crippen LogP contribution >= 0.6 is 11.3 Å². The number of rotatable bonds is 4. The third-order valence-electron chi connectivity index (χ3n) is 5.19. The van der Waals surface area contributed by atoms with Gasteiger partial charge in [-0.1, -0.05) is 66.7 Å². The average molecular weight is 424 g/mol. The summed E-state index contributed by atoms with van der Waals surface area (Å²) in [6, 6.07) is 25.6. The van der Waals surface area contributed by atoms with E-state index in [4.69, 9.17) is 5.10 Å². The first kappa shape index (κ1) is 19.0. The molecule has 5 rings (SSSR count). The van der Waals surface area contributed by atoms with Gasteiger partial charge in [-0.15, -0.1) is 11.3 Å². The van der Waals surface area contributed by atoms with E-state index in [1.165, 1.54) is 11.3 Å². The Morgan fingerprint density at radius 2 is 1.77 bits per heavy atom. The molecule has 1 aliphatic heterocycles. The summed E-state index contributed by atoms with van der Waals surface area (Å²) < 4.78 is 0. The molecule has 1 atom stereocenters. The topological polar surface area (TPSA) is 85.1 Å². The van der Waals surface area contributed by atoms with Crippen molar-refractivity contribution in [3.8, 4) is 16.6 Å². The Hall–Kier alpha value is -4.02. The average Bonchev–Trinajstić information content (AvgIpc) is 3.50. The lowest BCUT2D eigenvalue weighted by atomic mass is 9.99. The third kappa shape index (κ3) is 3.54. The number of H-pyrrole nitrogens is 1. The van der Waals surface area contributed by atoms with Crippen LogP contribution in [0.1, 0.15) is 29.2 Å². The molecular formula is C24H17N5OS. The molecule has 0 aliphatic carbocycles. The van der Waals surface area contributed by atoms with E-state index in [1.807, 2.05) is 84.2 Å². The Bertz CT molecular complexity index is 1340. The first-order valence-electron chi connectivity index (χ1n) is 9.80. The van der Waals surface area contributed by atoms with Crippen LogP contribution in [0.25, 0.3) is 10.6 Å². The monoisotopic (exact) mass is 423 g/mol. The number of hydrogen-bond donors (Lipinski definition) is 1. The SMILES string of the molecule is N#Cc1c(-c2cccs2)nc(N2N=C(c3ccccc3)CC2c2ccccc2)[nH]c1=O. The summed E-state index contributed by atoms with van der Waals surface area (Å²) in [6.45, 7) is 0. The molecule has 1 N–H and O–H groups in total. The number of hydrazone groups is 1. The number of aromatic amines is 1. The van der Waals surface area contributed by atoms with Crippen molar-refractivity contribution in [2.24, 2.45) is 5.10 Å². The summed E-state index contributed by atoms with van der Waals surface area (Å²) >= 11 is 1.44. The molecule has 0 spiro atoms. The Labute approximate surface area is 182 Å². The van der Waals surface area contributed by atoms with Crippen molar-refractivity contribution >= 4 is 23.0 Å². The van der Waals surface area contributed by atoms with Crippen LogP contribution in [0.3, 0.4) is 0 Å². The predicted octanol–water partition coefficient (Wildman–Crippen LogP) is 4.73. The molecule has 0 fully saturated rings. The smallest absolute Gasteiger partial charge is 0.270 e. The van der Waals surface area contributed by atoms with Crippen LogP contribution in [0, 0.1) is 11.3 Å². The second-order valence-electron chi connectivity index (χ2n) is 7.09. The van der Waals surface area contributed by atoms with Crippen LogP contribution in [0.5, 0.6) is 0 Å². The maximum atomic E-state index is 12.7. The van der Waals surface area contributed by atoms with Crippen molar-refractivity contribution in [1.82, 2.24) is 9.97 Å². The fourth-order valence-electron chi connectivity index (χ4n) is 3.71. The van der Waals surface area contributed by atoms with Gasteiger partial charge in [0.05, 0.1) is 16.6 Å². The number of nitrogens with zero attached hydrogens (tertiary/aromatic N) is 4. The molecule has 2 aromatic heterocycles. The third-order valence-corrected chi connectivity index (χ3v) is 6.07. The van der Waals surface area contributed by atoms with Crippen molar-refractivity contribution in [2.45, 2.75) is 12.5 Å². The van der Waals surface area contributed by atoms with Crippen LogP contribution < -0.4 is 10.6 Å². The number of nitrogens with one attached hydrogen (secondary N) is 1. The molecule has 4 aromatic rings. The Morgan fingerprint density at radius 1 is 1.03 bits per heavy atom. The van der Waals surface area contributed by atoms with E-state index < -0.39 is 5.56 Å². The molecule has 2 aromatic carbocycles. The minimum absolute atomic E-state index is 0.00826. The summed E-state index contributed by atoms with van der Waals surface area (Å²) in [7, 11) is 0. The number of hydrogen-bond acceptors (Lipinski definition) is 6. The molecule has 6 nitrogen and oxygen atoms in total. The van der Waals surface area contributed by atoms with E-state index in [0.717, 1.165) is 21.7 Å². The van der Waals surface area contributed by atoms with E-state index in [1.54, 1.807) is 5.01 Å². The van der Waals surface area contributed by atoms with Crippen LogP contribution in [0.4, 0.5) is 5.95 Å². The highest BCUT2D eigenvalue weighted by Gasteiger charge is 2.32. The maximum absolute atomic E-state index is 12.7. The van der Waals surface area contributed by atoms with Gasteiger partial charge in [-0.3, -0.25) is 9.78 Å². The number of anilines is 1. The van der Waals surface area contributed by atoms with E-state index in [2.05, 4.69) is 9.97 Å². The van der Waals surface area contributed by atoms with Crippen molar-refractivity contribution in [1.29, 1.82) is 5.26 Å². The van der Waals surface area contributed by atoms with Gasteiger partial charge in [0.15, 0.2) is 0 Å². The van der Waals surface area contributed by atoms with E-state index in [-0.39, 0.29) is 11.6 Å². The number of nitriles is 1. The van der Waals surface area contributed by atoms with Gasteiger partial charge in [0.25, 0.3) is 5.56 Å². The molecule has 0 saturated carbocycles. The minimum atomic E-state index is -0.467. The van der Waals surface area contributed by atoms with Crippen molar-refractivity contribution in [2.75, 3.05) is 5.01 Å². The summed E-state index contributed by atoms with van der Waals surface area (Å²) in [5, 5.41) is 18.0. The molecule has 0 radical (unpaired) electrons. The van der Waals surface area contributed by atoms with Crippen molar-refractivity contribution in [3.05, 3.63) is 105 Å². The summed E-state index contributed by atoms with van der Waals surface area (Å²) in [5.74, 6) is 0.326. The van der Waals surface area contributed by atoms with Crippen LogP contribution in [0.15, 0.2) is 88.1 Å². The molecule has 0 bridgehead atoms. The van der Waals surface area contributed by atoms with Gasteiger partial charge in [0, 0.05) is 6.42 Å². The fourth-order valence-corrected chi connectivity index (χ4v) is 4.43. The van der Waals surface area contributed by atoms with Crippen LogP contribution in [-0.4, -0.2) is 15.7 Å². The molecule has 7 heteroatoms. The minimum Gasteiger partial charge on any atom is -0.290 e. The Balaban J connectivity index is 1.66. The van der Waals surface area contributed by atoms with Gasteiger partial charge in [-0.2, -0.15) is 10.4 Å². The molecule has 3 heterocycles. The summed E-state index contributed by atoms with van der Waals surface area (Å²) in [5.41, 5.74) is 2.94. The predicted molar refractivity (Wildman–Crippen MR) is 122 cm³/mol. The van der Waals surface area contributed by atoms with Gasteiger partial charge in [-0.25, -0.2) is 9.99 Å². The largest absolute Gasteiger partial charge is 0.290 e. The molecule has 1 aliphatic rings. The molecule has 0 saturated heterocycles. The lowest BCUT2D eigenvalue weighted by Crippen LogP contribution is -2.25. The van der Waals surface area contributed by atoms with Crippen LogP contribution in [-0.2, 0) is 0 Å². The molecule has 0 amide bonds. The Kier molecular flexibility index (Phi) is 4.90. The lowest BCUT2D eigenvalue weighted by molar-refractivity contribution is 0.685. The molecule has 1 unspecified atom stereocenters. The maximum Gasteiger partial charge on any atom is 0.270 e. The second-order valence-corrected chi connectivity index (χ2v) is 8.04. The van der Waals surface area contributed by atoms with E-state index in [9.17, 15) is 10.1 Å². The van der Waals surface area contributed by atoms with Gasteiger partial charge in [-0.05, 0) is 22.6 Å².